The summed E-state index contributed by atoms with van der Waals surface area (Å²) in [4.78, 5) is 22.7. The Bertz CT molecular complexity index is 460. The Morgan fingerprint density at radius 3 is 2.35 bits per heavy atom. The van der Waals surface area contributed by atoms with E-state index in [0.717, 1.165) is 9.13 Å². The molecular weight excluding hydrogens is 371 g/mol. The average molecular weight is 390 g/mol. The summed E-state index contributed by atoms with van der Waals surface area (Å²) in [6, 6.07) is 6.43. The van der Waals surface area contributed by atoms with Gasteiger partial charge in [0.15, 0.2) is 0 Å². The van der Waals surface area contributed by atoms with E-state index in [1.807, 2.05) is 38.1 Å². The number of urea groups is 1. The predicted molar refractivity (Wildman–Crippen MR) is 85.4 cm³/mol. The average Bonchev–Trinajstić information content (AvgIpc) is 2.36. The van der Waals surface area contributed by atoms with Crippen LogP contribution in [0.1, 0.15) is 25.8 Å². The van der Waals surface area contributed by atoms with E-state index in [0.29, 0.717) is 13.0 Å². The van der Waals surface area contributed by atoms with E-state index in [1.165, 1.54) is 0 Å². The Morgan fingerprint density at radius 1 is 1.25 bits per heavy atom. The molecule has 0 aromatic heterocycles. The van der Waals surface area contributed by atoms with Crippen molar-refractivity contribution in [1.82, 2.24) is 10.6 Å². The summed E-state index contributed by atoms with van der Waals surface area (Å²) in [7, 11) is 0. The summed E-state index contributed by atoms with van der Waals surface area (Å²) >= 11 is 2.21. The van der Waals surface area contributed by atoms with Crippen molar-refractivity contribution in [2.24, 2.45) is 5.92 Å². The maximum Gasteiger partial charge on any atom is 0.326 e. The molecule has 1 unspecified atom stereocenters. The van der Waals surface area contributed by atoms with Gasteiger partial charge in [0.05, 0.1) is 0 Å². The van der Waals surface area contributed by atoms with E-state index in [1.54, 1.807) is 0 Å². The Labute approximate surface area is 132 Å². The van der Waals surface area contributed by atoms with E-state index in [2.05, 4.69) is 33.2 Å². The zero-order valence-electron chi connectivity index (χ0n) is 11.5. The van der Waals surface area contributed by atoms with Crippen LogP contribution in [0.5, 0.6) is 0 Å². The molecule has 0 saturated carbocycles. The highest BCUT2D eigenvalue weighted by atomic mass is 127. The van der Waals surface area contributed by atoms with Crippen LogP contribution >= 0.6 is 22.6 Å². The lowest BCUT2D eigenvalue weighted by Gasteiger charge is -2.17. The minimum atomic E-state index is -1.01. The first kappa shape index (κ1) is 16.7. The van der Waals surface area contributed by atoms with Gasteiger partial charge >= 0.3 is 12.0 Å². The second-order valence-corrected chi connectivity index (χ2v) is 6.22. The van der Waals surface area contributed by atoms with Crippen molar-refractivity contribution in [2.75, 3.05) is 0 Å². The van der Waals surface area contributed by atoms with Gasteiger partial charge in [-0.05, 0) is 52.6 Å². The number of carbonyl (C=O) groups excluding carboxylic acids is 1. The molecule has 5 nitrogen and oxygen atoms in total. The third-order valence-corrected chi connectivity index (χ3v) is 3.40. The van der Waals surface area contributed by atoms with Crippen molar-refractivity contribution in [3.8, 4) is 0 Å². The summed E-state index contributed by atoms with van der Waals surface area (Å²) < 4.78 is 1.12. The Morgan fingerprint density at radius 2 is 1.85 bits per heavy atom. The fraction of sp³-hybridized carbons (Fsp3) is 0.429. The van der Waals surface area contributed by atoms with Crippen LogP contribution in [0.25, 0.3) is 0 Å². The van der Waals surface area contributed by atoms with Crippen molar-refractivity contribution in [2.45, 2.75) is 32.9 Å². The van der Waals surface area contributed by atoms with Crippen LogP contribution in [-0.4, -0.2) is 23.1 Å². The molecule has 3 N–H and O–H groups in total. The smallest absolute Gasteiger partial charge is 0.326 e. The number of benzene rings is 1. The highest BCUT2D eigenvalue weighted by Crippen LogP contribution is 2.07. The van der Waals surface area contributed by atoms with Crippen LogP contribution in [0.3, 0.4) is 0 Å². The summed E-state index contributed by atoms with van der Waals surface area (Å²) in [6.45, 7) is 4.21. The van der Waals surface area contributed by atoms with E-state index in [-0.39, 0.29) is 5.92 Å². The number of amides is 2. The molecular formula is C14H19IN2O3. The van der Waals surface area contributed by atoms with Gasteiger partial charge in [0.1, 0.15) is 6.04 Å². The maximum atomic E-state index is 11.7. The van der Waals surface area contributed by atoms with Crippen molar-refractivity contribution in [1.29, 1.82) is 0 Å². The van der Waals surface area contributed by atoms with Gasteiger partial charge in [-0.25, -0.2) is 9.59 Å². The Kier molecular flexibility index (Phi) is 6.77. The lowest BCUT2D eigenvalue weighted by molar-refractivity contribution is -0.139. The molecule has 1 aromatic carbocycles. The summed E-state index contributed by atoms with van der Waals surface area (Å²) in [5, 5.41) is 14.2. The highest BCUT2D eigenvalue weighted by molar-refractivity contribution is 14.1. The fourth-order valence-electron chi connectivity index (χ4n) is 1.69. The number of carbonyl (C=O) groups is 2. The van der Waals surface area contributed by atoms with Crippen LogP contribution in [-0.2, 0) is 11.3 Å². The first-order valence-corrected chi connectivity index (χ1v) is 7.48. The van der Waals surface area contributed by atoms with Gasteiger partial charge in [0.2, 0.25) is 0 Å². The van der Waals surface area contributed by atoms with E-state index in [9.17, 15) is 9.59 Å². The number of halogens is 1. The number of hydrogen-bond donors (Lipinski definition) is 3. The number of carboxylic acids is 1. The first-order valence-electron chi connectivity index (χ1n) is 6.40. The lowest BCUT2D eigenvalue weighted by Crippen LogP contribution is -2.46. The fourth-order valence-corrected chi connectivity index (χ4v) is 2.05. The minimum Gasteiger partial charge on any atom is -0.480 e. The van der Waals surface area contributed by atoms with Crippen LogP contribution in [0.2, 0.25) is 0 Å². The second kappa shape index (κ2) is 8.08. The molecule has 2 amide bonds. The summed E-state index contributed by atoms with van der Waals surface area (Å²) in [6.07, 6.45) is 0.409. The largest absolute Gasteiger partial charge is 0.480 e. The molecule has 1 atom stereocenters. The van der Waals surface area contributed by atoms with Crippen LogP contribution in [0.15, 0.2) is 24.3 Å². The third-order valence-electron chi connectivity index (χ3n) is 2.68. The SMILES string of the molecule is CC(C)CC(NC(=O)NCc1ccc(I)cc1)C(=O)O. The van der Waals surface area contributed by atoms with Crippen molar-refractivity contribution in [3.05, 3.63) is 33.4 Å². The van der Waals surface area contributed by atoms with E-state index < -0.39 is 18.0 Å². The van der Waals surface area contributed by atoms with E-state index in [4.69, 9.17) is 5.11 Å². The van der Waals surface area contributed by atoms with Crippen LogP contribution in [0.4, 0.5) is 4.79 Å². The molecule has 110 valence electrons. The molecule has 0 aliphatic heterocycles. The number of nitrogens with one attached hydrogen (secondary N) is 2. The molecule has 0 saturated heterocycles. The predicted octanol–water partition coefficient (Wildman–Crippen LogP) is 2.59. The molecule has 0 fully saturated rings. The number of carboxylic acid groups (broad SMARTS) is 1. The van der Waals surface area contributed by atoms with Gasteiger partial charge in [0, 0.05) is 10.1 Å². The molecule has 0 aliphatic rings. The molecule has 0 heterocycles. The molecule has 1 rings (SSSR count). The maximum absolute atomic E-state index is 11.7. The standard InChI is InChI=1S/C14H19IN2O3/c1-9(2)7-12(13(18)19)17-14(20)16-8-10-3-5-11(15)6-4-10/h3-6,9,12H,7-8H2,1-2H3,(H,18,19)(H2,16,17,20). The zero-order valence-corrected chi connectivity index (χ0v) is 13.7. The zero-order chi connectivity index (χ0) is 15.1. The van der Waals surface area contributed by atoms with Gasteiger partial charge in [-0.3, -0.25) is 0 Å². The van der Waals surface area contributed by atoms with E-state index >= 15 is 0 Å². The molecule has 0 aliphatic carbocycles. The monoisotopic (exact) mass is 390 g/mol. The number of aliphatic carboxylic acids is 1. The van der Waals surface area contributed by atoms with Gasteiger partial charge in [-0.1, -0.05) is 26.0 Å². The second-order valence-electron chi connectivity index (χ2n) is 4.97. The van der Waals surface area contributed by atoms with Crippen molar-refractivity contribution in [3.63, 3.8) is 0 Å². The van der Waals surface area contributed by atoms with Crippen LogP contribution in [0, 0.1) is 9.49 Å². The lowest BCUT2D eigenvalue weighted by atomic mass is 10.0. The normalized spacial score (nSPS) is 12.0. The van der Waals surface area contributed by atoms with Gasteiger partial charge < -0.3 is 15.7 Å². The molecule has 0 radical (unpaired) electrons. The number of hydrogen-bond acceptors (Lipinski definition) is 2. The highest BCUT2D eigenvalue weighted by Gasteiger charge is 2.20. The molecule has 1 aromatic rings. The van der Waals surface area contributed by atoms with Crippen molar-refractivity contribution < 1.29 is 14.7 Å². The van der Waals surface area contributed by atoms with Gasteiger partial charge in [0.25, 0.3) is 0 Å². The first-order chi connectivity index (χ1) is 9.38. The minimum absolute atomic E-state index is 0.201. The molecule has 0 bridgehead atoms. The Hall–Kier alpha value is -1.31. The quantitative estimate of drug-likeness (QED) is 0.654. The van der Waals surface area contributed by atoms with Gasteiger partial charge in [-0.2, -0.15) is 0 Å². The van der Waals surface area contributed by atoms with Gasteiger partial charge in [-0.15, -0.1) is 0 Å². The number of rotatable bonds is 6. The third kappa shape index (κ3) is 6.23. The summed E-state index contributed by atoms with van der Waals surface area (Å²) in [5.41, 5.74) is 0.969. The molecule has 0 spiro atoms. The summed E-state index contributed by atoms with van der Waals surface area (Å²) in [5.74, 6) is -0.810. The topological polar surface area (TPSA) is 78.4 Å². The van der Waals surface area contributed by atoms with Crippen molar-refractivity contribution >= 4 is 34.6 Å². The molecule has 20 heavy (non-hydrogen) atoms. The van der Waals surface area contributed by atoms with Crippen LogP contribution < -0.4 is 10.6 Å². The Balaban J connectivity index is 2.45. The molecule has 6 heteroatoms.